The standard InChI is InChI=1S/C21H36O/c1-6-9-17(11-8-14-20(3,4)22)19-13-12-18-16(2)10-7-15-21(18,19)5/h1,16-19,22H,7-15H2,2-5H3/t16?,17?,18?,19-,21+/m1/s1. The summed E-state index contributed by atoms with van der Waals surface area (Å²) in [4.78, 5) is 0. The summed E-state index contributed by atoms with van der Waals surface area (Å²) in [7, 11) is 0. The Morgan fingerprint density at radius 1 is 1.32 bits per heavy atom. The van der Waals surface area contributed by atoms with Crippen molar-refractivity contribution in [2.75, 3.05) is 0 Å². The third-order valence-corrected chi connectivity index (χ3v) is 6.86. The predicted molar refractivity (Wildman–Crippen MR) is 94.4 cm³/mol. The second-order valence-corrected chi connectivity index (χ2v) is 9.04. The van der Waals surface area contributed by atoms with E-state index in [4.69, 9.17) is 6.42 Å². The van der Waals surface area contributed by atoms with Gasteiger partial charge in [0.15, 0.2) is 0 Å². The van der Waals surface area contributed by atoms with Gasteiger partial charge < -0.3 is 5.11 Å². The van der Waals surface area contributed by atoms with Crippen LogP contribution >= 0.6 is 0 Å². The number of hydrogen-bond donors (Lipinski definition) is 1. The van der Waals surface area contributed by atoms with Gasteiger partial charge in [0.25, 0.3) is 0 Å². The Labute approximate surface area is 138 Å². The number of aliphatic hydroxyl groups is 1. The molecular formula is C21H36O. The van der Waals surface area contributed by atoms with Crippen molar-refractivity contribution in [3.8, 4) is 12.3 Å². The Hall–Kier alpha value is -0.480. The zero-order valence-electron chi connectivity index (χ0n) is 15.2. The van der Waals surface area contributed by atoms with Gasteiger partial charge in [0, 0.05) is 6.42 Å². The molecule has 0 aliphatic heterocycles. The Balaban J connectivity index is 2.03. The molecule has 22 heavy (non-hydrogen) atoms. The first-order valence-electron chi connectivity index (χ1n) is 9.44. The van der Waals surface area contributed by atoms with Crippen LogP contribution in [0, 0.1) is 41.4 Å². The van der Waals surface area contributed by atoms with Crippen LogP contribution in [0.5, 0.6) is 0 Å². The molecule has 0 amide bonds. The Morgan fingerprint density at radius 3 is 2.68 bits per heavy atom. The number of hydrogen-bond acceptors (Lipinski definition) is 1. The molecule has 2 rings (SSSR count). The highest BCUT2D eigenvalue weighted by Crippen LogP contribution is 2.60. The molecule has 0 aromatic heterocycles. The quantitative estimate of drug-likeness (QED) is 0.650. The van der Waals surface area contributed by atoms with Gasteiger partial charge in [0.05, 0.1) is 5.60 Å². The third-order valence-electron chi connectivity index (χ3n) is 6.86. The van der Waals surface area contributed by atoms with Crippen LogP contribution in [-0.4, -0.2) is 10.7 Å². The average Bonchev–Trinajstić information content (AvgIpc) is 2.75. The van der Waals surface area contributed by atoms with Gasteiger partial charge in [-0.3, -0.25) is 0 Å². The van der Waals surface area contributed by atoms with Gasteiger partial charge >= 0.3 is 0 Å². The van der Waals surface area contributed by atoms with E-state index in [1.165, 1.54) is 38.5 Å². The molecule has 0 aromatic carbocycles. The molecule has 1 heteroatoms. The van der Waals surface area contributed by atoms with Crippen LogP contribution in [0.1, 0.15) is 85.5 Å². The smallest absolute Gasteiger partial charge is 0.0591 e. The second kappa shape index (κ2) is 6.96. The van der Waals surface area contributed by atoms with Crippen molar-refractivity contribution in [2.24, 2.45) is 29.1 Å². The predicted octanol–water partition coefficient (Wildman–Crippen LogP) is 5.42. The molecule has 0 radical (unpaired) electrons. The van der Waals surface area contributed by atoms with E-state index in [-0.39, 0.29) is 0 Å². The van der Waals surface area contributed by atoms with E-state index in [1.807, 2.05) is 13.8 Å². The van der Waals surface area contributed by atoms with Crippen LogP contribution in [0.2, 0.25) is 0 Å². The van der Waals surface area contributed by atoms with Gasteiger partial charge in [0.1, 0.15) is 0 Å². The largest absolute Gasteiger partial charge is 0.390 e. The number of rotatable bonds is 6. The molecule has 2 aliphatic carbocycles. The van der Waals surface area contributed by atoms with Crippen LogP contribution in [0.25, 0.3) is 0 Å². The maximum atomic E-state index is 9.96. The molecule has 126 valence electrons. The van der Waals surface area contributed by atoms with E-state index in [0.717, 1.165) is 37.0 Å². The molecule has 1 N–H and O–H groups in total. The lowest BCUT2D eigenvalue weighted by Crippen LogP contribution is -2.38. The van der Waals surface area contributed by atoms with Gasteiger partial charge in [-0.15, -0.1) is 12.3 Å². The topological polar surface area (TPSA) is 20.2 Å². The molecule has 1 nitrogen and oxygen atoms in total. The maximum absolute atomic E-state index is 9.96. The Bertz CT molecular complexity index is 399. The first kappa shape index (κ1) is 17.9. The Kier molecular flexibility index (Phi) is 5.65. The van der Waals surface area contributed by atoms with Crippen molar-refractivity contribution >= 4 is 0 Å². The van der Waals surface area contributed by atoms with Crippen LogP contribution in [-0.2, 0) is 0 Å². The van der Waals surface area contributed by atoms with Crippen molar-refractivity contribution in [3.63, 3.8) is 0 Å². The normalized spacial score (nSPS) is 36.6. The first-order chi connectivity index (χ1) is 10.3. The lowest BCUT2D eigenvalue weighted by molar-refractivity contribution is 0.0276. The van der Waals surface area contributed by atoms with Crippen molar-refractivity contribution in [1.29, 1.82) is 0 Å². The Morgan fingerprint density at radius 2 is 2.05 bits per heavy atom. The van der Waals surface area contributed by atoms with Gasteiger partial charge in [0.2, 0.25) is 0 Å². The summed E-state index contributed by atoms with van der Waals surface area (Å²) in [5.41, 5.74) is -0.0178. The third kappa shape index (κ3) is 3.88. The summed E-state index contributed by atoms with van der Waals surface area (Å²) in [6, 6.07) is 0. The van der Waals surface area contributed by atoms with Crippen LogP contribution in [0.4, 0.5) is 0 Å². The van der Waals surface area contributed by atoms with E-state index in [0.29, 0.717) is 11.3 Å². The molecule has 0 bridgehead atoms. The van der Waals surface area contributed by atoms with E-state index in [1.54, 1.807) is 0 Å². The van der Waals surface area contributed by atoms with Crippen molar-refractivity contribution in [2.45, 2.75) is 91.1 Å². The highest BCUT2D eigenvalue weighted by atomic mass is 16.3. The summed E-state index contributed by atoms with van der Waals surface area (Å²) in [6.07, 6.45) is 16.8. The van der Waals surface area contributed by atoms with E-state index in [9.17, 15) is 5.11 Å². The molecule has 0 aromatic rings. The van der Waals surface area contributed by atoms with Gasteiger partial charge in [-0.05, 0) is 75.0 Å². The lowest BCUT2D eigenvalue weighted by atomic mass is 9.59. The molecule has 3 unspecified atom stereocenters. The van der Waals surface area contributed by atoms with Crippen molar-refractivity contribution in [1.82, 2.24) is 0 Å². The number of terminal acetylenes is 1. The van der Waals surface area contributed by atoms with Gasteiger partial charge in [-0.25, -0.2) is 0 Å². The zero-order chi connectivity index (χ0) is 16.4. The molecule has 2 aliphatic rings. The van der Waals surface area contributed by atoms with Gasteiger partial charge in [-0.1, -0.05) is 33.1 Å². The lowest BCUT2D eigenvalue weighted by Gasteiger charge is -2.46. The fraction of sp³-hybridized carbons (Fsp3) is 0.905. The van der Waals surface area contributed by atoms with Crippen molar-refractivity contribution in [3.05, 3.63) is 0 Å². The minimum Gasteiger partial charge on any atom is -0.390 e. The summed E-state index contributed by atoms with van der Waals surface area (Å²) in [6.45, 7) is 8.86. The van der Waals surface area contributed by atoms with E-state index in [2.05, 4.69) is 19.8 Å². The minimum absolute atomic E-state index is 0.522. The van der Waals surface area contributed by atoms with Crippen LogP contribution in [0.3, 0.4) is 0 Å². The first-order valence-corrected chi connectivity index (χ1v) is 9.44. The number of fused-ring (bicyclic) bond motifs is 1. The van der Waals surface area contributed by atoms with E-state index < -0.39 is 5.60 Å². The molecular weight excluding hydrogens is 268 g/mol. The van der Waals surface area contributed by atoms with Crippen molar-refractivity contribution < 1.29 is 5.11 Å². The molecule has 2 saturated carbocycles. The zero-order valence-corrected chi connectivity index (χ0v) is 15.2. The summed E-state index contributed by atoms with van der Waals surface area (Å²) >= 11 is 0. The van der Waals surface area contributed by atoms with Crippen LogP contribution in [0.15, 0.2) is 0 Å². The van der Waals surface area contributed by atoms with Crippen LogP contribution < -0.4 is 0 Å². The van der Waals surface area contributed by atoms with Gasteiger partial charge in [-0.2, -0.15) is 0 Å². The summed E-state index contributed by atoms with van der Waals surface area (Å²) in [5.74, 6) is 6.23. The average molecular weight is 305 g/mol. The highest BCUT2D eigenvalue weighted by Gasteiger charge is 2.51. The monoisotopic (exact) mass is 304 g/mol. The second-order valence-electron chi connectivity index (χ2n) is 9.04. The van der Waals surface area contributed by atoms with E-state index >= 15 is 0 Å². The SMILES string of the molecule is C#CCC(CCCC(C)(C)O)[C@H]1CCC2C(C)CCC[C@@]21C. The fourth-order valence-electron chi connectivity index (χ4n) is 5.77. The summed E-state index contributed by atoms with van der Waals surface area (Å²) < 4.78 is 0. The minimum atomic E-state index is -0.540. The molecule has 5 atom stereocenters. The highest BCUT2D eigenvalue weighted by molar-refractivity contribution is 5.03. The molecule has 0 heterocycles. The molecule has 0 saturated heterocycles. The fourth-order valence-corrected chi connectivity index (χ4v) is 5.77. The molecule has 2 fully saturated rings. The molecule has 0 spiro atoms. The maximum Gasteiger partial charge on any atom is 0.0591 e. The summed E-state index contributed by atoms with van der Waals surface area (Å²) in [5, 5.41) is 9.96.